The first-order valence-electron chi connectivity index (χ1n) is 5.40. The van der Waals surface area contributed by atoms with Crippen LogP contribution < -0.4 is 10.1 Å². The minimum absolute atomic E-state index is 0.111. The molecule has 0 saturated heterocycles. The molecule has 0 saturated carbocycles. The van der Waals surface area contributed by atoms with Crippen molar-refractivity contribution in [1.82, 2.24) is 5.32 Å². The number of thioether (sulfide) groups is 1. The Kier molecular flexibility index (Phi) is 5.70. The van der Waals surface area contributed by atoms with Crippen LogP contribution in [0.5, 0.6) is 5.75 Å². The normalized spacial score (nSPS) is 10.7. The highest BCUT2D eigenvalue weighted by Crippen LogP contribution is 2.29. The number of nitrogens with one attached hydrogen (secondary N) is 1. The highest BCUT2D eigenvalue weighted by molar-refractivity contribution is 8.13. The van der Waals surface area contributed by atoms with Crippen LogP contribution in [-0.4, -0.2) is 29.1 Å². The zero-order valence-corrected chi connectivity index (χ0v) is 11.3. The molecule has 1 aromatic rings. The molecule has 0 spiro atoms. The van der Waals surface area contributed by atoms with Crippen molar-refractivity contribution in [3.8, 4) is 11.9 Å². The van der Waals surface area contributed by atoms with Crippen molar-refractivity contribution >= 4 is 28.6 Å². The topological polar surface area (TPSA) is 94.7 Å². The molecule has 1 rings (SSSR count). The summed E-state index contributed by atoms with van der Waals surface area (Å²) in [6.07, 6.45) is 3.52. The molecule has 0 amide bonds. The second-order valence-corrected chi connectivity index (χ2v) is 4.07. The summed E-state index contributed by atoms with van der Waals surface area (Å²) in [5, 5.41) is 20.3. The van der Waals surface area contributed by atoms with Gasteiger partial charge >= 0.3 is 5.97 Å². The first-order chi connectivity index (χ1) is 9.12. The average molecular weight is 279 g/mol. The molecular formula is C12H13N3O3S. The number of amidine groups is 1. The average Bonchev–Trinajstić information content (AvgIpc) is 2.40. The van der Waals surface area contributed by atoms with Crippen LogP contribution >= 0.6 is 11.8 Å². The van der Waals surface area contributed by atoms with Crippen LogP contribution in [-0.2, 0) is 0 Å². The Balaban J connectivity index is 3.24. The van der Waals surface area contributed by atoms with Gasteiger partial charge in [0.1, 0.15) is 11.4 Å². The number of hydrogen-bond donors (Lipinski definition) is 2. The summed E-state index contributed by atoms with van der Waals surface area (Å²) in [5.41, 5.74) is 0.480. The highest BCUT2D eigenvalue weighted by atomic mass is 32.2. The van der Waals surface area contributed by atoms with Crippen LogP contribution in [0.15, 0.2) is 23.2 Å². The molecule has 100 valence electrons. The van der Waals surface area contributed by atoms with Gasteiger partial charge in [0.25, 0.3) is 0 Å². The molecule has 0 atom stereocenters. The van der Waals surface area contributed by atoms with Crippen LogP contribution in [0.25, 0.3) is 0 Å². The lowest BCUT2D eigenvalue weighted by Crippen LogP contribution is -2.12. The van der Waals surface area contributed by atoms with E-state index in [9.17, 15) is 4.79 Å². The first kappa shape index (κ1) is 14.9. The molecule has 7 heteroatoms. The number of hydrogen-bond acceptors (Lipinski definition) is 5. The molecule has 2 N–H and O–H groups in total. The fourth-order valence-electron chi connectivity index (χ4n) is 1.30. The summed E-state index contributed by atoms with van der Waals surface area (Å²) in [5.74, 6) is -0.572. The number of ether oxygens (including phenoxy) is 1. The van der Waals surface area contributed by atoms with Crippen molar-refractivity contribution in [2.24, 2.45) is 4.99 Å². The van der Waals surface area contributed by atoms with E-state index in [2.05, 4.69) is 10.3 Å². The number of aromatic carboxylic acids is 1. The molecule has 0 aliphatic rings. The highest BCUT2D eigenvalue weighted by Gasteiger charge is 2.10. The summed E-state index contributed by atoms with van der Waals surface area (Å²) in [6.45, 7) is 2.26. The number of nitrogens with zero attached hydrogens (tertiary/aromatic N) is 2. The number of carbonyl (C=O) groups is 1. The minimum atomic E-state index is -1.04. The molecule has 0 aromatic heterocycles. The van der Waals surface area contributed by atoms with E-state index in [-0.39, 0.29) is 5.56 Å². The van der Waals surface area contributed by atoms with E-state index in [0.717, 1.165) is 0 Å². The van der Waals surface area contributed by atoms with Crippen LogP contribution in [0.3, 0.4) is 0 Å². The Bertz CT molecular complexity index is 538. The molecule has 0 unspecified atom stereocenters. The zero-order chi connectivity index (χ0) is 14.3. The number of carboxylic acid groups (broad SMARTS) is 1. The van der Waals surface area contributed by atoms with E-state index >= 15 is 0 Å². The summed E-state index contributed by atoms with van der Waals surface area (Å²) in [4.78, 5) is 15.1. The molecule has 0 bridgehead atoms. The van der Waals surface area contributed by atoms with Gasteiger partial charge in [-0.1, -0.05) is 11.8 Å². The summed E-state index contributed by atoms with van der Waals surface area (Å²) in [7, 11) is 0. The van der Waals surface area contributed by atoms with Gasteiger partial charge in [-0.2, -0.15) is 5.26 Å². The van der Waals surface area contributed by atoms with Crippen LogP contribution in [0.1, 0.15) is 17.3 Å². The molecule has 0 radical (unpaired) electrons. The van der Waals surface area contributed by atoms with Crippen molar-refractivity contribution in [3.63, 3.8) is 0 Å². The van der Waals surface area contributed by atoms with Gasteiger partial charge in [0, 0.05) is 0 Å². The number of carboxylic acids is 1. The maximum atomic E-state index is 10.9. The number of rotatable bonds is 4. The van der Waals surface area contributed by atoms with Crippen molar-refractivity contribution < 1.29 is 14.6 Å². The van der Waals surface area contributed by atoms with Gasteiger partial charge in [-0.25, -0.2) is 9.79 Å². The van der Waals surface area contributed by atoms with E-state index in [0.29, 0.717) is 23.2 Å². The fraction of sp³-hybridized carbons (Fsp3) is 0.250. The number of benzene rings is 1. The Morgan fingerprint density at radius 1 is 1.63 bits per heavy atom. The maximum Gasteiger partial charge on any atom is 0.335 e. The lowest BCUT2D eigenvalue weighted by atomic mass is 10.2. The zero-order valence-electron chi connectivity index (χ0n) is 10.5. The summed E-state index contributed by atoms with van der Waals surface area (Å²) >= 11 is 1.24. The van der Waals surface area contributed by atoms with E-state index in [4.69, 9.17) is 15.1 Å². The van der Waals surface area contributed by atoms with Crippen molar-refractivity contribution in [2.75, 3.05) is 12.9 Å². The Morgan fingerprint density at radius 3 is 2.89 bits per heavy atom. The van der Waals surface area contributed by atoms with E-state index in [1.807, 2.05) is 6.92 Å². The second-order valence-electron chi connectivity index (χ2n) is 3.28. The lowest BCUT2D eigenvalue weighted by molar-refractivity contribution is 0.0697. The maximum absolute atomic E-state index is 10.9. The molecule has 0 fully saturated rings. The molecule has 19 heavy (non-hydrogen) atoms. The van der Waals surface area contributed by atoms with Gasteiger partial charge in [-0.3, -0.25) is 5.32 Å². The Hall–Kier alpha value is -2.20. The van der Waals surface area contributed by atoms with Gasteiger partial charge in [-0.15, -0.1) is 0 Å². The third-order valence-corrected chi connectivity index (χ3v) is 2.66. The standard InChI is InChI=1S/C12H13N3O3S/c1-3-18-10-5-4-8(11(16)17)6-9(10)15-12(19-2)14-7-13/h4-6H,3H2,1-2H3,(H,14,15)(H,16,17). The van der Waals surface area contributed by atoms with Crippen molar-refractivity contribution in [3.05, 3.63) is 23.8 Å². The van der Waals surface area contributed by atoms with Crippen LogP contribution in [0, 0.1) is 11.5 Å². The number of aliphatic imine (C=N–C) groups is 1. The minimum Gasteiger partial charge on any atom is -0.492 e. The molecule has 6 nitrogen and oxygen atoms in total. The van der Waals surface area contributed by atoms with Gasteiger partial charge in [0.15, 0.2) is 11.4 Å². The van der Waals surface area contributed by atoms with Crippen molar-refractivity contribution in [2.45, 2.75) is 6.92 Å². The lowest BCUT2D eigenvalue weighted by Gasteiger charge is -2.08. The molecular weight excluding hydrogens is 266 g/mol. The van der Waals surface area contributed by atoms with Gasteiger partial charge in [0.05, 0.1) is 12.2 Å². The van der Waals surface area contributed by atoms with E-state index in [1.54, 1.807) is 18.5 Å². The van der Waals surface area contributed by atoms with Gasteiger partial charge < -0.3 is 9.84 Å². The monoisotopic (exact) mass is 279 g/mol. The Labute approximate surface area is 115 Å². The molecule has 1 aromatic carbocycles. The van der Waals surface area contributed by atoms with E-state index < -0.39 is 5.97 Å². The smallest absolute Gasteiger partial charge is 0.335 e. The SMILES string of the molecule is CCOc1ccc(C(=O)O)cc1N=C(NC#N)SC. The fourth-order valence-corrected chi connectivity index (χ4v) is 1.63. The summed E-state index contributed by atoms with van der Waals surface area (Å²) < 4.78 is 5.38. The van der Waals surface area contributed by atoms with Gasteiger partial charge in [0.2, 0.25) is 0 Å². The second kappa shape index (κ2) is 7.28. The predicted octanol–water partition coefficient (Wildman–Crippen LogP) is 2.20. The quantitative estimate of drug-likeness (QED) is 0.380. The van der Waals surface area contributed by atoms with E-state index in [1.165, 1.54) is 23.9 Å². The summed E-state index contributed by atoms with van der Waals surface area (Å²) in [6, 6.07) is 4.40. The van der Waals surface area contributed by atoms with Crippen molar-refractivity contribution in [1.29, 1.82) is 5.26 Å². The van der Waals surface area contributed by atoms with Crippen LogP contribution in [0.2, 0.25) is 0 Å². The number of nitriles is 1. The largest absolute Gasteiger partial charge is 0.492 e. The Morgan fingerprint density at radius 2 is 2.37 bits per heavy atom. The third kappa shape index (κ3) is 4.19. The molecule has 0 heterocycles. The van der Waals surface area contributed by atoms with Crippen LogP contribution in [0.4, 0.5) is 5.69 Å². The molecule has 0 aliphatic carbocycles. The first-order valence-corrected chi connectivity index (χ1v) is 6.62. The molecule has 0 aliphatic heterocycles. The predicted molar refractivity (Wildman–Crippen MR) is 73.9 cm³/mol. The third-order valence-electron chi connectivity index (χ3n) is 2.08. The van der Waals surface area contributed by atoms with Gasteiger partial charge in [-0.05, 0) is 31.4 Å².